The number of pyridine rings is 1. The van der Waals surface area contributed by atoms with Gasteiger partial charge in [0.15, 0.2) is 5.69 Å². The van der Waals surface area contributed by atoms with Gasteiger partial charge in [-0.2, -0.15) is 10.2 Å². The zero-order chi connectivity index (χ0) is 22.9. The van der Waals surface area contributed by atoms with E-state index in [9.17, 15) is 13.6 Å². The Bertz CT molecular complexity index is 1080. The van der Waals surface area contributed by atoms with Crippen LogP contribution in [-0.4, -0.2) is 52.0 Å². The number of anilines is 1. The minimum absolute atomic E-state index is 0.0346. The molecule has 0 aliphatic rings. The molecule has 168 valence electrons. The number of nitrogens with zero attached hydrogens (tertiary/aromatic N) is 5. The molecule has 0 spiro atoms. The van der Waals surface area contributed by atoms with Gasteiger partial charge in [0.1, 0.15) is 18.6 Å². The molecule has 0 unspecified atom stereocenters. The third-order valence-corrected chi connectivity index (χ3v) is 4.07. The summed E-state index contributed by atoms with van der Waals surface area (Å²) in [4.78, 5) is 21.2. The number of alkyl halides is 2. The van der Waals surface area contributed by atoms with E-state index in [0.29, 0.717) is 22.6 Å². The maximum absolute atomic E-state index is 12.7. The minimum Gasteiger partial charge on any atom is -0.444 e. The second kappa shape index (κ2) is 10.9. The predicted molar refractivity (Wildman–Crippen MR) is 113 cm³/mol. The van der Waals surface area contributed by atoms with Gasteiger partial charge in [0.2, 0.25) is 5.89 Å². The lowest BCUT2D eigenvalue weighted by atomic mass is 10.2. The maximum atomic E-state index is 12.7. The maximum Gasteiger partial charge on any atom is 0.277 e. The molecule has 3 aromatic rings. The number of amides is 1. The average molecular weight is 445 g/mol. The molecular formula is C20H21F2N7O3. The number of ether oxygens (including phenoxy) is 1. The highest BCUT2D eigenvalue weighted by atomic mass is 19.3. The predicted octanol–water partition coefficient (Wildman–Crippen LogP) is 3.03. The average Bonchev–Trinajstić information content (AvgIpc) is 3.43. The molecule has 3 aromatic heterocycles. The molecule has 0 saturated carbocycles. The molecule has 0 atom stereocenters. The summed E-state index contributed by atoms with van der Waals surface area (Å²) in [6, 6.07) is 5.27. The highest BCUT2D eigenvalue weighted by Crippen LogP contribution is 2.25. The van der Waals surface area contributed by atoms with Crippen LogP contribution >= 0.6 is 0 Å². The SMILES string of the molecule is C=NN/C=C(\C)c1nc(C(=O)Nc2cn(CCOCC(F)F)nc2-c2ccccn2)co1. The number of nitrogens with one attached hydrogen (secondary N) is 2. The number of aromatic nitrogens is 4. The van der Waals surface area contributed by atoms with Crippen LogP contribution in [0, 0.1) is 0 Å². The van der Waals surface area contributed by atoms with Crippen LogP contribution in [0.25, 0.3) is 17.0 Å². The lowest BCUT2D eigenvalue weighted by Crippen LogP contribution is -2.13. The van der Waals surface area contributed by atoms with Gasteiger partial charge in [-0.25, -0.2) is 13.8 Å². The summed E-state index contributed by atoms with van der Waals surface area (Å²) in [5.74, 6) is -0.281. The van der Waals surface area contributed by atoms with Crippen LogP contribution in [0.5, 0.6) is 0 Å². The lowest BCUT2D eigenvalue weighted by molar-refractivity contribution is 0.0140. The highest BCUT2D eigenvalue weighted by Gasteiger charge is 2.19. The monoisotopic (exact) mass is 445 g/mol. The van der Waals surface area contributed by atoms with Crippen LogP contribution in [0.2, 0.25) is 0 Å². The van der Waals surface area contributed by atoms with E-state index in [1.807, 2.05) is 0 Å². The van der Waals surface area contributed by atoms with Crippen molar-refractivity contribution in [3.05, 3.63) is 54.6 Å². The van der Waals surface area contributed by atoms with Gasteiger partial charge >= 0.3 is 0 Å². The minimum atomic E-state index is -2.54. The van der Waals surface area contributed by atoms with E-state index in [-0.39, 0.29) is 24.7 Å². The molecule has 32 heavy (non-hydrogen) atoms. The van der Waals surface area contributed by atoms with Gasteiger partial charge < -0.3 is 14.5 Å². The van der Waals surface area contributed by atoms with E-state index in [1.54, 1.807) is 37.5 Å². The van der Waals surface area contributed by atoms with Gasteiger partial charge in [-0.1, -0.05) is 6.07 Å². The summed E-state index contributed by atoms with van der Waals surface area (Å²) in [6.45, 7) is 4.62. The van der Waals surface area contributed by atoms with Crippen LogP contribution < -0.4 is 10.7 Å². The molecular weight excluding hydrogens is 424 g/mol. The normalized spacial score (nSPS) is 11.6. The number of carbonyl (C=O) groups is 1. The molecule has 12 heteroatoms. The lowest BCUT2D eigenvalue weighted by Gasteiger charge is -2.03. The van der Waals surface area contributed by atoms with Gasteiger partial charge in [-0.05, 0) is 19.1 Å². The molecule has 0 saturated heterocycles. The first-order valence-corrected chi connectivity index (χ1v) is 9.48. The van der Waals surface area contributed by atoms with E-state index < -0.39 is 18.9 Å². The van der Waals surface area contributed by atoms with Crippen LogP contribution in [0.15, 0.2) is 52.6 Å². The largest absolute Gasteiger partial charge is 0.444 e. The molecule has 0 fully saturated rings. The molecule has 3 heterocycles. The van der Waals surface area contributed by atoms with E-state index in [4.69, 9.17) is 9.15 Å². The number of oxazole rings is 1. The number of hydrazone groups is 1. The van der Waals surface area contributed by atoms with Gasteiger partial charge in [-0.15, -0.1) is 0 Å². The zero-order valence-corrected chi connectivity index (χ0v) is 17.2. The molecule has 0 bridgehead atoms. The number of hydrogen-bond donors (Lipinski definition) is 2. The van der Waals surface area contributed by atoms with E-state index >= 15 is 0 Å². The van der Waals surface area contributed by atoms with E-state index in [0.717, 1.165) is 0 Å². The number of hydrogen-bond acceptors (Lipinski definition) is 8. The fourth-order valence-electron chi connectivity index (χ4n) is 2.60. The Morgan fingerprint density at radius 1 is 1.44 bits per heavy atom. The Labute approximate surface area is 182 Å². The standard InChI is InChI=1S/C20H21F2N7O3/c1-13(9-25-23-2)20-27-16(11-32-20)19(30)26-15-10-29(7-8-31-12-17(21)22)28-18(15)14-5-3-4-6-24-14/h3-6,9-11,17,25H,2,7-8,12H2,1H3,(H,26,30)/b13-9+. The molecule has 0 aliphatic heterocycles. The third kappa shape index (κ3) is 6.04. The fraction of sp³-hybridized carbons (Fsp3) is 0.250. The summed E-state index contributed by atoms with van der Waals surface area (Å²) in [5.41, 5.74) is 4.54. The fourth-order valence-corrected chi connectivity index (χ4v) is 2.60. The van der Waals surface area contributed by atoms with Crippen molar-refractivity contribution in [2.24, 2.45) is 5.10 Å². The van der Waals surface area contributed by atoms with Gasteiger partial charge in [0.25, 0.3) is 12.3 Å². The van der Waals surface area contributed by atoms with E-state index in [1.165, 1.54) is 17.1 Å². The summed E-state index contributed by atoms with van der Waals surface area (Å²) in [7, 11) is 0. The molecule has 3 rings (SSSR count). The first kappa shape index (κ1) is 22.7. The summed E-state index contributed by atoms with van der Waals surface area (Å²) < 4.78 is 36.2. The Morgan fingerprint density at radius 3 is 3.00 bits per heavy atom. The van der Waals surface area contributed by atoms with Crippen molar-refractivity contribution in [1.82, 2.24) is 25.2 Å². The van der Waals surface area contributed by atoms with Gasteiger partial charge in [0, 0.05) is 30.9 Å². The number of rotatable bonds is 11. The van der Waals surface area contributed by atoms with Crippen molar-refractivity contribution < 1.29 is 22.7 Å². The Hall–Kier alpha value is -3.93. The first-order valence-electron chi connectivity index (χ1n) is 9.48. The van der Waals surface area contributed by atoms with Crippen molar-refractivity contribution in [1.29, 1.82) is 0 Å². The smallest absolute Gasteiger partial charge is 0.277 e. The quantitative estimate of drug-likeness (QED) is 0.264. The van der Waals surface area contributed by atoms with Crippen LogP contribution in [0.1, 0.15) is 23.3 Å². The Kier molecular flexibility index (Phi) is 7.75. The zero-order valence-electron chi connectivity index (χ0n) is 17.2. The second-order valence-corrected chi connectivity index (χ2v) is 6.44. The highest BCUT2D eigenvalue weighted by molar-refractivity contribution is 6.04. The van der Waals surface area contributed by atoms with Crippen LogP contribution in [-0.2, 0) is 11.3 Å². The summed E-state index contributed by atoms with van der Waals surface area (Å²) in [6.07, 6.45) is 3.38. The number of allylic oxidation sites excluding steroid dienone is 1. The summed E-state index contributed by atoms with van der Waals surface area (Å²) >= 11 is 0. The van der Waals surface area contributed by atoms with Crippen molar-refractivity contribution in [3.8, 4) is 11.4 Å². The second-order valence-electron chi connectivity index (χ2n) is 6.44. The molecule has 2 N–H and O–H groups in total. The topological polar surface area (TPSA) is 119 Å². The Morgan fingerprint density at radius 2 is 2.28 bits per heavy atom. The van der Waals surface area contributed by atoms with Crippen molar-refractivity contribution >= 4 is 23.9 Å². The van der Waals surface area contributed by atoms with Crippen molar-refractivity contribution in [2.75, 3.05) is 18.5 Å². The van der Waals surface area contributed by atoms with Crippen LogP contribution in [0.3, 0.4) is 0 Å². The molecule has 0 aliphatic carbocycles. The summed E-state index contributed by atoms with van der Waals surface area (Å²) in [5, 5.41) is 10.6. The van der Waals surface area contributed by atoms with Crippen molar-refractivity contribution in [2.45, 2.75) is 19.9 Å². The Balaban J connectivity index is 1.77. The third-order valence-electron chi connectivity index (χ3n) is 4.07. The first-order chi connectivity index (χ1) is 15.5. The van der Waals surface area contributed by atoms with Gasteiger partial charge in [0.05, 0.1) is 24.5 Å². The van der Waals surface area contributed by atoms with Crippen LogP contribution in [0.4, 0.5) is 14.5 Å². The molecule has 1 amide bonds. The van der Waals surface area contributed by atoms with Crippen molar-refractivity contribution in [3.63, 3.8) is 0 Å². The van der Waals surface area contributed by atoms with Gasteiger partial charge in [-0.3, -0.25) is 19.9 Å². The molecule has 10 nitrogen and oxygen atoms in total. The van der Waals surface area contributed by atoms with E-state index in [2.05, 4.69) is 37.6 Å². The number of halogens is 2. The molecule has 0 aromatic carbocycles. The number of carbonyl (C=O) groups excluding carboxylic acids is 1. The molecule has 0 radical (unpaired) electrons.